The summed E-state index contributed by atoms with van der Waals surface area (Å²) in [5.41, 5.74) is 1.15. The molecular formula is C22H30N4O3S. The lowest BCUT2D eigenvalue weighted by molar-refractivity contribution is -0.188. The van der Waals surface area contributed by atoms with Crippen LogP contribution in [0.3, 0.4) is 0 Å². The van der Waals surface area contributed by atoms with Gasteiger partial charge < -0.3 is 14.4 Å². The number of likely N-dealkylation sites (tertiary alicyclic amines) is 2. The normalized spacial score (nSPS) is 22.4. The van der Waals surface area contributed by atoms with E-state index < -0.39 is 0 Å². The third kappa shape index (κ3) is 4.61. The predicted molar refractivity (Wildman–Crippen MR) is 119 cm³/mol. The predicted octanol–water partition coefficient (Wildman–Crippen LogP) is 3.19. The molecule has 2 N–H and O–H groups in total. The Labute approximate surface area is 182 Å². The highest BCUT2D eigenvalue weighted by Gasteiger charge is 2.41. The van der Waals surface area contributed by atoms with Gasteiger partial charge in [0.25, 0.3) is 0 Å². The van der Waals surface area contributed by atoms with Gasteiger partial charge >= 0.3 is 0 Å². The lowest BCUT2D eigenvalue weighted by Gasteiger charge is -2.44. The first kappa shape index (κ1) is 21.5. The molecule has 0 radical (unpaired) electrons. The number of rotatable bonds is 3. The van der Waals surface area contributed by atoms with E-state index in [0.29, 0.717) is 35.6 Å². The number of Topliss-reactive ketones (excluding diaryl/α,β-unsaturated/α-hetero) is 1. The van der Waals surface area contributed by atoms with Gasteiger partial charge in [0.2, 0.25) is 0 Å². The zero-order chi connectivity index (χ0) is 21.1. The fraction of sp³-hybridized carbons (Fsp3) is 0.591. The number of benzene rings is 1. The number of thioether (sulfide) groups is 1. The molecule has 1 aromatic carbocycles. The van der Waals surface area contributed by atoms with Crippen LogP contribution in [0.4, 0.5) is 0 Å². The zero-order valence-corrected chi connectivity index (χ0v) is 18.3. The quantitative estimate of drug-likeness (QED) is 0.435. The van der Waals surface area contributed by atoms with Crippen LogP contribution >= 0.6 is 11.8 Å². The molecule has 0 bridgehead atoms. The summed E-state index contributed by atoms with van der Waals surface area (Å²) in [6.07, 6.45) is 3.92. The van der Waals surface area contributed by atoms with Crippen LogP contribution < -0.4 is 0 Å². The molecule has 3 heterocycles. The fourth-order valence-electron chi connectivity index (χ4n) is 4.65. The second-order valence-electron chi connectivity index (χ2n) is 8.20. The van der Waals surface area contributed by atoms with E-state index >= 15 is 0 Å². The summed E-state index contributed by atoms with van der Waals surface area (Å²) in [6.45, 7) is 6.60. The molecule has 0 saturated carbocycles. The molecule has 0 atom stereocenters. The molecule has 4 rings (SSSR count). The first-order valence-corrected chi connectivity index (χ1v) is 11.5. The summed E-state index contributed by atoms with van der Waals surface area (Å²) in [5, 5.41) is 17.5. The van der Waals surface area contributed by atoms with Crippen LogP contribution in [0.15, 0.2) is 24.3 Å². The number of hydrogen-bond acceptors (Lipinski definition) is 7. The number of hydrogen-bond donors (Lipinski definition) is 2. The van der Waals surface area contributed by atoms with Gasteiger partial charge in [-0.2, -0.15) is 0 Å². The average molecular weight is 431 g/mol. The lowest BCUT2D eigenvalue weighted by atomic mass is 9.97. The van der Waals surface area contributed by atoms with Gasteiger partial charge in [0.05, 0.1) is 13.2 Å². The monoisotopic (exact) mass is 430 g/mol. The largest absolute Gasteiger partial charge is 0.351 e. The Morgan fingerprint density at radius 2 is 1.63 bits per heavy atom. The van der Waals surface area contributed by atoms with Crippen LogP contribution in [-0.4, -0.2) is 77.0 Å². The second kappa shape index (κ2) is 9.18. The van der Waals surface area contributed by atoms with Crippen molar-refractivity contribution in [3.63, 3.8) is 0 Å². The minimum absolute atomic E-state index is 0.0555. The number of nitrogens with zero attached hydrogens (tertiary/aromatic N) is 2. The first-order chi connectivity index (χ1) is 14.5. The number of piperidine rings is 2. The Morgan fingerprint density at radius 3 is 2.23 bits per heavy atom. The van der Waals surface area contributed by atoms with Crippen molar-refractivity contribution in [2.45, 2.75) is 44.4 Å². The van der Waals surface area contributed by atoms with Crippen LogP contribution in [0.5, 0.6) is 0 Å². The fourth-order valence-corrected chi connectivity index (χ4v) is 5.45. The molecule has 7 nitrogen and oxygen atoms in total. The summed E-state index contributed by atoms with van der Waals surface area (Å²) in [4.78, 5) is 16.4. The molecule has 0 amide bonds. The summed E-state index contributed by atoms with van der Waals surface area (Å²) in [7, 11) is 0. The molecule has 0 unspecified atom stereocenters. The highest BCUT2D eigenvalue weighted by atomic mass is 32.2. The van der Waals surface area contributed by atoms with Crippen molar-refractivity contribution in [3.8, 4) is 0 Å². The van der Waals surface area contributed by atoms with E-state index in [1.165, 1.54) is 6.92 Å². The summed E-state index contributed by atoms with van der Waals surface area (Å²) in [5.74, 6) is -0.382. The second-order valence-corrected chi connectivity index (χ2v) is 9.20. The molecule has 8 heteroatoms. The van der Waals surface area contributed by atoms with Gasteiger partial charge in [-0.3, -0.25) is 20.5 Å². The maximum Gasteiger partial charge on any atom is 0.170 e. The molecule has 162 valence electrons. The minimum atomic E-state index is -0.327. The van der Waals surface area contributed by atoms with Crippen molar-refractivity contribution in [1.82, 2.24) is 9.80 Å². The average Bonchev–Trinajstić information content (AvgIpc) is 3.22. The summed E-state index contributed by atoms with van der Waals surface area (Å²) in [6, 6.07) is 7.70. The topological polar surface area (TPSA) is 89.7 Å². The molecule has 3 aliphatic heterocycles. The molecule has 3 saturated heterocycles. The van der Waals surface area contributed by atoms with Gasteiger partial charge in [0, 0.05) is 56.2 Å². The van der Waals surface area contributed by atoms with Gasteiger partial charge in [0.15, 0.2) is 16.7 Å². The Kier molecular flexibility index (Phi) is 6.57. The van der Waals surface area contributed by atoms with Gasteiger partial charge in [-0.15, -0.1) is 0 Å². The van der Waals surface area contributed by atoms with Crippen molar-refractivity contribution < 1.29 is 14.3 Å². The third-order valence-electron chi connectivity index (χ3n) is 6.39. The number of amidine groups is 1. The summed E-state index contributed by atoms with van der Waals surface area (Å²) < 4.78 is 11.7. The van der Waals surface area contributed by atoms with E-state index in [0.717, 1.165) is 63.6 Å². The van der Waals surface area contributed by atoms with Crippen LogP contribution in [0.25, 0.3) is 0 Å². The molecule has 30 heavy (non-hydrogen) atoms. The van der Waals surface area contributed by atoms with Gasteiger partial charge in [-0.05, 0) is 31.5 Å². The van der Waals surface area contributed by atoms with E-state index in [1.807, 2.05) is 12.1 Å². The Hall–Kier alpha value is -1.74. The van der Waals surface area contributed by atoms with E-state index in [4.69, 9.17) is 20.3 Å². The standard InChI is InChI=1S/C22H30N4O3S/c1-16(27)18-4-2-3-5-19(18)20(23)30-21(24)26-10-6-17(7-11-26)25-12-8-22(9-13-25)28-14-15-29-22/h2-5,17,23-24H,6-15H2,1H3. The van der Waals surface area contributed by atoms with Gasteiger partial charge in [-0.1, -0.05) is 24.3 Å². The van der Waals surface area contributed by atoms with E-state index in [2.05, 4.69) is 9.80 Å². The van der Waals surface area contributed by atoms with Crippen LogP contribution in [0, 0.1) is 10.8 Å². The van der Waals surface area contributed by atoms with Crippen molar-refractivity contribution >= 4 is 27.8 Å². The van der Waals surface area contributed by atoms with Crippen molar-refractivity contribution in [1.29, 1.82) is 10.8 Å². The number of carbonyl (C=O) groups excluding carboxylic acids is 1. The number of nitrogens with one attached hydrogen (secondary N) is 2. The number of ether oxygens (including phenoxy) is 2. The van der Waals surface area contributed by atoms with Crippen molar-refractivity contribution in [3.05, 3.63) is 35.4 Å². The summed E-state index contributed by atoms with van der Waals surface area (Å²) >= 11 is 1.13. The molecule has 1 spiro atoms. The maximum absolute atomic E-state index is 11.8. The minimum Gasteiger partial charge on any atom is -0.351 e. The number of carbonyl (C=O) groups is 1. The van der Waals surface area contributed by atoms with Crippen molar-refractivity contribution in [2.24, 2.45) is 0 Å². The zero-order valence-electron chi connectivity index (χ0n) is 17.5. The van der Waals surface area contributed by atoms with Crippen molar-refractivity contribution in [2.75, 3.05) is 39.4 Å². The molecule has 0 aromatic heterocycles. The highest BCUT2D eigenvalue weighted by Crippen LogP contribution is 2.33. The van der Waals surface area contributed by atoms with Gasteiger partial charge in [-0.25, -0.2) is 0 Å². The molecule has 1 aromatic rings. The van der Waals surface area contributed by atoms with E-state index in [1.54, 1.807) is 12.1 Å². The van der Waals surface area contributed by atoms with E-state index in [-0.39, 0.29) is 16.6 Å². The smallest absolute Gasteiger partial charge is 0.170 e. The maximum atomic E-state index is 11.8. The third-order valence-corrected chi connectivity index (χ3v) is 7.27. The highest BCUT2D eigenvalue weighted by molar-refractivity contribution is 8.26. The van der Waals surface area contributed by atoms with Crippen LogP contribution in [0.1, 0.15) is 48.5 Å². The van der Waals surface area contributed by atoms with Crippen LogP contribution in [0.2, 0.25) is 0 Å². The molecule has 3 fully saturated rings. The Balaban J connectivity index is 1.27. The molecular weight excluding hydrogens is 400 g/mol. The van der Waals surface area contributed by atoms with Crippen LogP contribution in [-0.2, 0) is 9.47 Å². The molecule has 0 aliphatic carbocycles. The van der Waals surface area contributed by atoms with E-state index in [9.17, 15) is 4.79 Å². The molecule has 3 aliphatic rings. The SMILES string of the molecule is CC(=O)c1ccccc1C(=N)SC(=N)N1CCC(N2CCC3(CC2)OCCO3)CC1. The Morgan fingerprint density at radius 1 is 1.03 bits per heavy atom. The van der Waals surface area contributed by atoms with Gasteiger partial charge in [0.1, 0.15) is 5.04 Å². The first-order valence-electron chi connectivity index (χ1n) is 10.7. The lowest BCUT2D eigenvalue weighted by Crippen LogP contribution is -2.52. The Bertz CT molecular complexity index is 806. The number of ketones is 1.